The third-order valence-electron chi connectivity index (χ3n) is 1.25. The number of hydrogen-bond donors (Lipinski definition) is 2. The van der Waals surface area contributed by atoms with Gasteiger partial charge in [-0.15, -0.1) is 0 Å². The van der Waals surface area contributed by atoms with Gasteiger partial charge in [0.25, 0.3) is 0 Å². The van der Waals surface area contributed by atoms with Crippen molar-refractivity contribution in [3.8, 4) is 0 Å². The third-order valence-corrected chi connectivity index (χ3v) is 1.81. The van der Waals surface area contributed by atoms with E-state index in [0.717, 1.165) is 0 Å². The zero-order valence-electron chi connectivity index (χ0n) is 6.99. The number of ketones is 1. The average Bonchev–Trinajstić information content (AvgIpc) is 1.82. The second-order valence-electron chi connectivity index (χ2n) is 2.39. The number of hydrogen-bond acceptors (Lipinski definition) is 3. The Morgan fingerprint density at radius 1 is 1.31 bits per heavy atom. The highest BCUT2D eigenvalue weighted by Crippen LogP contribution is 2.31. The van der Waals surface area contributed by atoms with Crippen LogP contribution in [0.1, 0.15) is 13.8 Å². The largest absolute Gasteiger partial charge is 0.512 e. The molecule has 6 heteroatoms. The number of nitrogens with one attached hydrogen (secondary N) is 1. The van der Waals surface area contributed by atoms with Crippen molar-refractivity contribution in [2.45, 2.75) is 17.6 Å². The molecule has 2 N–H and O–H groups in total. The van der Waals surface area contributed by atoms with Gasteiger partial charge in [0, 0.05) is 0 Å². The minimum atomic E-state index is -2.00. The van der Waals surface area contributed by atoms with Crippen molar-refractivity contribution >= 4 is 46.3 Å². The van der Waals surface area contributed by atoms with E-state index in [1.54, 1.807) is 0 Å². The second kappa shape index (κ2) is 4.31. The lowest BCUT2D eigenvalue weighted by molar-refractivity contribution is -0.113. The fraction of sp³-hybridized carbons (Fsp3) is 0.429. The minimum Gasteiger partial charge on any atom is -0.512 e. The molecule has 0 radical (unpaired) electrons. The monoisotopic (exact) mass is 243 g/mol. The van der Waals surface area contributed by atoms with Crippen LogP contribution in [0.2, 0.25) is 0 Å². The number of carbonyl (C=O) groups excluding carboxylic acids is 1. The summed E-state index contributed by atoms with van der Waals surface area (Å²) in [5.41, 5.74) is -0.787. The molecule has 0 aliphatic heterocycles. The number of aliphatic hydroxyl groups is 1. The van der Waals surface area contributed by atoms with Gasteiger partial charge in [-0.05, 0) is 13.8 Å². The van der Waals surface area contributed by atoms with Crippen LogP contribution in [0.3, 0.4) is 0 Å². The fourth-order valence-corrected chi connectivity index (χ4v) is 1.04. The third kappa shape index (κ3) is 3.55. The first-order valence-electron chi connectivity index (χ1n) is 3.24. The predicted octanol–water partition coefficient (Wildman–Crippen LogP) is 2.80. The van der Waals surface area contributed by atoms with Crippen LogP contribution in [0.25, 0.3) is 0 Å². The van der Waals surface area contributed by atoms with Crippen molar-refractivity contribution in [1.29, 1.82) is 5.41 Å². The standard InChI is InChI=1S/C7H8Cl3NO2/c1-3(12)5(4(2)13)6(11)7(8,9)10/h11-12H,1-2H3/b5-3+,11-6?. The van der Waals surface area contributed by atoms with Crippen molar-refractivity contribution in [2.75, 3.05) is 0 Å². The molecule has 0 heterocycles. The van der Waals surface area contributed by atoms with Crippen molar-refractivity contribution in [1.82, 2.24) is 0 Å². The van der Waals surface area contributed by atoms with E-state index in [2.05, 4.69) is 0 Å². The Kier molecular flexibility index (Phi) is 4.23. The van der Waals surface area contributed by atoms with E-state index in [1.165, 1.54) is 13.8 Å². The first-order valence-corrected chi connectivity index (χ1v) is 4.38. The minimum absolute atomic E-state index is 0.264. The Balaban J connectivity index is 5.16. The number of alkyl halides is 3. The summed E-state index contributed by atoms with van der Waals surface area (Å²) in [6, 6.07) is 0. The smallest absolute Gasteiger partial charge is 0.232 e. The van der Waals surface area contributed by atoms with Crippen LogP contribution >= 0.6 is 34.8 Å². The molecule has 0 fully saturated rings. The highest BCUT2D eigenvalue weighted by molar-refractivity contribution is 6.78. The topological polar surface area (TPSA) is 61.2 Å². The summed E-state index contributed by atoms with van der Waals surface area (Å²) < 4.78 is -2.00. The highest BCUT2D eigenvalue weighted by Gasteiger charge is 2.32. The molecule has 0 spiro atoms. The fourth-order valence-electron chi connectivity index (χ4n) is 0.753. The summed E-state index contributed by atoms with van der Waals surface area (Å²) in [6.45, 7) is 2.43. The zero-order chi connectivity index (χ0) is 10.8. The van der Waals surface area contributed by atoms with E-state index >= 15 is 0 Å². The Morgan fingerprint density at radius 2 is 1.69 bits per heavy atom. The van der Waals surface area contributed by atoms with Gasteiger partial charge < -0.3 is 5.11 Å². The molecule has 74 valence electrons. The molecular weight excluding hydrogens is 236 g/mol. The van der Waals surface area contributed by atoms with Crippen LogP contribution in [-0.2, 0) is 4.79 Å². The van der Waals surface area contributed by atoms with E-state index in [0.29, 0.717) is 0 Å². The molecule has 3 nitrogen and oxygen atoms in total. The molecule has 0 saturated heterocycles. The van der Waals surface area contributed by atoms with Crippen molar-refractivity contribution in [3.63, 3.8) is 0 Å². The maximum absolute atomic E-state index is 10.9. The lowest BCUT2D eigenvalue weighted by Crippen LogP contribution is -2.24. The van der Waals surface area contributed by atoms with Gasteiger partial charge in [-0.2, -0.15) is 0 Å². The number of carbonyl (C=O) groups is 1. The van der Waals surface area contributed by atoms with Crippen LogP contribution in [-0.4, -0.2) is 20.4 Å². The molecule has 0 rings (SSSR count). The van der Waals surface area contributed by atoms with Crippen LogP contribution in [0.4, 0.5) is 0 Å². The molecule has 0 atom stereocenters. The van der Waals surface area contributed by atoms with Crippen molar-refractivity contribution < 1.29 is 9.90 Å². The molecule has 0 aromatic rings. The van der Waals surface area contributed by atoms with Crippen LogP contribution in [0.15, 0.2) is 11.3 Å². The molecular formula is C7H8Cl3NO2. The summed E-state index contributed by atoms with van der Waals surface area (Å²) in [7, 11) is 0. The quantitative estimate of drug-likeness (QED) is 0.340. The van der Waals surface area contributed by atoms with E-state index in [-0.39, 0.29) is 11.3 Å². The lowest BCUT2D eigenvalue weighted by Gasteiger charge is -2.14. The van der Waals surface area contributed by atoms with E-state index in [1.807, 2.05) is 0 Å². The Bertz CT molecular complexity index is 274. The van der Waals surface area contributed by atoms with Gasteiger partial charge in [0.1, 0.15) is 5.76 Å². The molecule has 13 heavy (non-hydrogen) atoms. The maximum atomic E-state index is 10.9. The van der Waals surface area contributed by atoms with Crippen LogP contribution < -0.4 is 0 Å². The first-order chi connectivity index (χ1) is 5.68. The van der Waals surface area contributed by atoms with Gasteiger partial charge in [0.2, 0.25) is 3.79 Å². The van der Waals surface area contributed by atoms with Gasteiger partial charge in [-0.3, -0.25) is 10.2 Å². The van der Waals surface area contributed by atoms with E-state index in [9.17, 15) is 4.79 Å². The number of allylic oxidation sites excluding steroid dienone is 2. The highest BCUT2D eigenvalue weighted by atomic mass is 35.6. The molecule has 0 aliphatic rings. The first kappa shape index (κ1) is 12.8. The number of halogens is 3. The Morgan fingerprint density at radius 3 is 1.77 bits per heavy atom. The molecule has 0 amide bonds. The Hall–Kier alpha value is -0.250. The summed E-state index contributed by atoms with van der Waals surface area (Å²) >= 11 is 16.1. The van der Waals surface area contributed by atoms with Gasteiger partial charge >= 0.3 is 0 Å². The molecule has 0 saturated carbocycles. The molecule has 0 aliphatic carbocycles. The van der Waals surface area contributed by atoms with Crippen LogP contribution in [0, 0.1) is 5.41 Å². The normalized spacial score (nSPS) is 13.6. The van der Waals surface area contributed by atoms with E-state index < -0.39 is 15.3 Å². The average molecular weight is 245 g/mol. The molecule has 0 unspecified atom stereocenters. The molecule has 0 aromatic heterocycles. The van der Waals surface area contributed by atoms with Gasteiger partial charge in [0.15, 0.2) is 5.78 Å². The SMILES string of the molecule is CC(=O)/C(C(=N)C(Cl)(Cl)Cl)=C(/C)O. The maximum Gasteiger partial charge on any atom is 0.232 e. The second-order valence-corrected chi connectivity index (χ2v) is 4.67. The van der Waals surface area contributed by atoms with Crippen molar-refractivity contribution in [2.24, 2.45) is 0 Å². The van der Waals surface area contributed by atoms with E-state index in [4.69, 9.17) is 45.3 Å². The molecule has 0 bridgehead atoms. The Labute approximate surface area is 90.8 Å². The summed E-state index contributed by atoms with van der Waals surface area (Å²) in [4.78, 5) is 10.9. The number of Topliss-reactive ketones (excluding diaryl/α,β-unsaturated/α-hetero) is 1. The van der Waals surface area contributed by atoms with Gasteiger partial charge in [0.05, 0.1) is 11.3 Å². The molecule has 0 aromatic carbocycles. The number of rotatable bonds is 2. The van der Waals surface area contributed by atoms with Crippen molar-refractivity contribution in [3.05, 3.63) is 11.3 Å². The van der Waals surface area contributed by atoms with Gasteiger partial charge in [-0.25, -0.2) is 0 Å². The lowest BCUT2D eigenvalue weighted by atomic mass is 10.1. The summed E-state index contributed by atoms with van der Waals surface area (Å²) in [5.74, 6) is -0.847. The number of aliphatic hydroxyl groups excluding tert-OH is 1. The predicted molar refractivity (Wildman–Crippen MR) is 54.0 cm³/mol. The van der Waals surface area contributed by atoms with Crippen LogP contribution in [0.5, 0.6) is 0 Å². The summed E-state index contributed by atoms with van der Waals surface area (Å²) in [6.07, 6.45) is 0. The summed E-state index contributed by atoms with van der Waals surface area (Å²) in [5, 5.41) is 16.4. The van der Waals surface area contributed by atoms with Gasteiger partial charge in [-0.1, -0.05) is 34.8 Å². The zero-order valence-corrected chi connectivity index (χ0v) is 9.26.